The molecule has 0 amide bonds. The van der Waals surface area contributed by atoms with E-state index in [-0.39, 0.29) is 24.0 Å². The van der Waals surface area contributed by atoms with E-state index in [4.69, 9.17) is 25.8 Å². The Bertz CT molecular complexity index is 592. The highest BCUT2D eigenvalue weighted by Crippen LogP contribution is 2.33. The fraction of sp³-hybridized carbons (Fsp3) is 0.611. The van der Waals surface area contributed by atoms with Gasteiger partial charge in [-0.15, -0.1) is 24.0 Å². The van der Waals surface area contributed by atoms with Crippen LogP contribution in [0.5, 0.6) is 5.75 Å². The van der Waals surface area contributed by atoms with Crippen LogP contribution >= 0.6 is 35.6 Å². The number of hydrogen-bond acceptors (Lipinski definition) is 5. The molecule has 1 aromatic carbocycles. The van der Waals surface area contributed by atoms with Crippen molar-refractivity contribution >= 4 is 47.2 Å². The van der Waals surface area contributed by atoms with Crippen molar-refractivity contribution in [3.05, 3.63) is 23.2 Å². The molecule has 2 rings (SSSR count). The second kappa shape index (κ2) is 13.2. The Morgan fingerprint density at radius 2 is 2.11 bits per heavy atom. The summed E-state index contributed by atoms with van der Waals surface area (Å²) < 4.78 is 15.9. The highest BCUT2D eigenvalue weighted by Gasteiger charge is 2.25. The number of benzene rings is 1. The molecule has 7 nitrogen and oxygen atoms in total. The van der Waals surface area contributed by atoms with Gasteiger partial charge in [-0.05, 0) is 24.6 Å². The molecule has 0 spiro atoms. The van der Waals surface area contributed by atoms with E-state index in [9.17, 15) is 0 Å². The van der Waals surface area contributed by atoms with Crippen LogP contribution in [-0.4, -0.2) is 72.7 Å². The van der Waals surface area contributed by atoms with Crippen molar-refractivity contribution in [3.8, 4) is 5.75 Å². The minimum Gasteiger partial charge on any atom is -0.495 e. The number of nitrogens with one attached hydrogen (secondary N) is 2. The molecule has 0 aromatic heterocycles. The Labute approximate surface area is 183 Å². The molecule has 0 radical (unpaired) electrons. The Morgan fingerprint density at radius 1 is 1.30 bits per heavy atom. The molecule has 1 fully saturated rings. The molecule has 0 saturated carbocycles. The molecule has 9 heteroatoms. The lowest BCUT2D eigenvalue weighted by Crippen LogP contribution is -2.45. The molecule has 0 bridgehead atoms. The van der Waals surface area contributed by atoms with E-state index in [1.165, 1.54) is 0 Å². The molecule has 27 heavy (non-hydrogen) atoms. The molecular formula is C18H30ClIN4O3. The van der Waals surface area contributed by atoms with Gasteiger partial charge in [0.15, 0.2) is 5.96 Å². The zero-order valence-electron chi connectivity index (χ0n) is 16.2. The van der Waals surface area contributed by atoms with Gasteiger partial charge < -0.3 is 29.7 Å². The fourth-order valence-electron chi connectivity index (χ4n) is 2.88. The van der Waals surface area contributed by atoms with Gasteiger partial charge >= 0.3 is 0 Å². The number of methoxy groups -OCH3 is 2. The molecule has 1 aromatic rings. The van der Waals surface area contributed by atoms with E-state index >= 15 is 0 Å². The van der Waals surface area contributed by atoms with Crippen LogP contribution in [0.3, 0.4) is 0 Å². The van der Waals surface area contributed by atoms with Gasteiger partial charge in [0.05, 0.1) is 32.6 Å². The Hall–Kier alpha value is -0.970. The van der Waals surface area contributed by atoms with Gasteiger partial charge in [0.1, 0.15) is 5.75 Å². The second-order valence-electron chi connectivity index (χ2n) is 6.00. The van der Waals surface area contributed by atoms with E-state index in [0.717, 1.165) is 36.9 Å². The first kappa shape index (κ1) is 24.1. The van der Waals surface area contributed by atoms with Gasteiger partial charge in [0.25, 0.3) is 0 Å². The van der Waals surface area contributed by atoms with Gasteiger partial charge in [0, 0.05) is 44.9 Å². The number of guanidine groups is 1. The molecule has 1 aliphatic rings. The summed E-state index contributed by atoms with van der Waals surface area (Å²) in [6.45, 7) is 4.32. The van der Waals surface area contributed by atoms with Crippen LogP contribution in [0.4, 0.5) is 5.69 Å². The molecule has 154 valence electrons. The van der Waals surface area contributed by atoms with Crippen LogP contribution < -0.4 is 20.3 Å². The van der Waals surface area contributed by atoms with E-state index < -0.39 is 0 Å². The highest BCUT2D eigenvalue weighted by atomic mass is 127. The normalized spacial score (nSPS) is 16.8. The Morgan fingerprint density at radius 3 is 2.81 bits per heavy atom. The molecule has 1 heterocycles. The summed E-state index contributed by atoms with van der Waals surface area (Å²) in [5.74, 6) is 1.62. The maximum Gasteiger partial charge on any atom is 0.191 e. The molecular weight excluding hydrogens is 483 g/mol. The first-order chi connectivity index (χ1) is 12.7. The number of aliphatic imine (C=N–C) groups is 1. The van der Waals surface area contributed by atoms with Crippen molar-refractivity contribution in [1.29, 1.82) is 0 Å². The van der Waals surface area contributed by atoms with Gasteiger partial charge in [-0.1, -0.05) is 11.6 Å². The number of nitrogens with zero attached hydrogens (tertiary/aromatic N) is 2. The van der Waals surface area contributed by atoms with Crippen molar-refractivity contribution < 1.29 is 14.2 Å². The molecule has 1 saturated heterocycles. The third-order valence-electron chi connectivity index (χ3n) is 4.20. The van der Waals surface area contributed by atoms with E-state index in [1.807, 2.05) is 18.2 Å². The Balaban J connectivity index is 0.00000364. The number of rotatable bonds is 9. The van der Waals surface area contributed by atoms with Crippen LogP contribution in [0.1, 0.15) is 6.42 Å². The summed E-state index contributed by atoms with van der Waals surface area (Å²) in [5, 5.41) is 7.44. The van der Waals surface area contributed by atoms with Gasteiger partial charge in [-0.25, -0.2) is 0 Å². The SMILES string of the molecule is CN=C(NCCOCCOC)NC1CCN(c2cc(Cl)ccc2OC)C1.I. The quantitative estimate of drug-likeness (QED) is 0.229. The third-order valence-corrected chi connectivity index (χ3v) is 4.44. The minimum absolute atomic E-state index is 0. The number of ether oxygens (including phenoxy) is 3. The molecule has 1 unspecified atom stereocenters. The van der Waals surface area contributed by atoms with Crippen LogP contribution in [0.2, 0.25) is 5.02 Å². The molecule has 2 N–H and O–H groups in total. The van der Waals surface area contributed by atoms with E-state index in [2.05, 4.69) is 20.5 Å². The molecule has 1 aliphatic heterocycles. The van der Waals surface area contributed by atoms with E-state index in [1.54, 1.807) is 21.3 Å². The monoisotopic (exact) mass is 512 g/mol. The maximum atomic E-state index is 6.15. The van der Waals surface area contributed by atoms with Crippen LogP contribution in [0.15, 0.2) is 23.2 Å². The average molecular weight is 513 g/mol. The van der Waals surface area contributed by atoms with Crippen LogP contribution in [-0.2, 0) is 9.47 Å². The number of anilines is 1. The lowest BCUT2D eigenvalue weighted by atomic mass is 10.2. The van der Waals surface area contributed by atoms with Gasteiger partial charge in [-0.3, -0.25) is 4.99 Å². The highest BCUT2D eigenvalue weighted by molar-refractivity contribution is 14.0. The minimum atomic E-state index is 0. The Kier molecular flexibility index (Phi) is 11.8. The van der Waals surface area contributed by atoms with Crippen LogP contribution in [0.25, 0.3) is 0 Å². The summed E-state index contributed by atoms with van der Waals surface area (Å²) in [6, 6.07) is 6.01. The fourth-order valence-corrected chi connectivity index (χ4v) is 3.05. The summed E-state index contributed by atoms with van der Waals surface area (Å²) in [7, 11) is 5.12. The van der Waals surface area contributed by atoms with Crippen molar-refractivity contribution in [2.45, 2.75) is 12.5 Å². The zero-order chi connectivity index (χ0) is 18.8. The molecule has 1 atom stereocenters. The van der Waals surface area contributed by atoms with Gasteiger partial charge in [0.2, 0.25) is 0 Å². The number of hydrogen-bond donors (Lipinski definition) is 2. The van der Waals surface area contributed by atoms with Gasteiger partial charge in [-0.2, -0.15) is 0 Å². The topological polar surface area (TPSA) is 67.4 Å². The summed E-state index contributed by atoms with van der Waals surface area (Å²) in [6.07, 6.45) is 1.01. The largest absolute Gasteiger partial charge is 0.495 e. The second-order valence-corrected chi connectivity index (χ2v) is 6.43. The first-order valence-electron chi connectivity index (χ1n) is 8.80. The number of halogens is 2. The standard InChI is InChI=1S/C18H29ClN4O3.HI/c1-20-18(21-7-9-26-11-10-24-2)22-15-6-8-23(13-15)16-12-14(19)4-5-17(16)25-3;/h4-5,12,15H,6-11,13H2,1-3H3,(H2,20,21,22);1H. The average Bonchev–Trinajstić information content (AvgIpc) is 3.12. The maximum absolute atomic E-state index is 6.15. The smallest absolute Gasteiger partial charge is 0.191 e. The summed E-state index contributed by atoms with van der Waals surface area (Å²) in [4.78, 5) is 6.56. The summed E-state index contributed by atoms with van der Waals surface area (Å²) in [5.41, 5.74) is 1.03. The van der Waals surface area contributed by atoms with Crippen molar-refractivity contribution in [3.63, 3.8) is 0 Å². The molecule has 0 aliphatic carbocycles. The lowest BCUT2D eigenvalue weighted by Gasteiger charge is -2.22. The predicted octanol–water partition coefficient (Wildman–Crippen LogP) is 2.37. The van der Waals surface area contributed by atoms with Crippen LogP contribution in [0, 0.1) is 0 Å². The zero-order valence-corrected chi connectivity index (χ0v) is 19.3. The van der Waals surface area contributed by atoms with E-state index in [0.29, 0.717) is 37.4 Å². The summed E-state index contributed by atoms with van der Waals surface area (Å²) >= 11 is 6.15. The van der Waals surface area contributed by atoms with Crippen molar-refractivity contribution in [2.24, 2.45) is 4.99 Å². The first-order valence-corrected chi connectivity index (χ1v) is 9.18. The van der Waals surface area contributed by atoms with Crippen molar-refractivity contribution in [1.82, 2.24) is 10.6 Å². The third kappa shape index (κ3) is 7.89. The lowest BCUT2D eigenvalue weighted by molar-refractivity contribution is 0.0733. The predicted molar refractivity (Wildman–Crippen MR) is 121 cm³/mol. The van der Waals surface area contributed by atoms with Crippen molar-refractivity contribution in [2.75, 3.05) is 65.6 Å².